The van der Waals surface area contributed by atoms with E-state index in [1.54, 1.807) is 7.05 Å². The number of ether oxygens (including phenoxy) is 1. The number of hydrogen-bond acceptors (Lipinski definition) is 4. The standard InChI is InChI=1S/C21H28N4O3S.HI/c1-22-21(24-10-8-16-6-7-20-19(13-16)9-11-28-20)25-14-17-4-3-5-18(12-17)15-29(26,27)23-2;/h3-7,12-13,23H,8-11,14-15H2,1-2H3,(H2,22,24,25);1H. The summed E-state index contributed by atoms with van der Waals surface area (Å²) in [5, 5.41) is 6.59. The van der Waals surface area contributed by atoms with Gasteiger partial charge >= 0.3 is 0 Å². The molecule has 2 aromatic carbocycles. The predicted octanol–water partition coefficient (Wildman–Crippen LogP) is 2.20. The molecule has 2 aromatic rings. The van der Waals surface area contributed by atoms with Gasteiger partial charge in [-0.3, -0.25) is 4.99 Å². The number of aliphatic imine (C=N–C) groups is 1. The second-order valence-electron chi connectivity index (χ2n) is 6.93. The average Bonchev–Trinajstić information content (AvgIpc) is 3.18. The van der Waals surface area contributed by atoms with E-state index in [1.807, 2.05) is 30.3 Å². The fraction of sp³-hybridized carbons (Fsp3) is 0.381. The molecule has 0 unspecified atom stereocenters. The number of fused-ring (bicyclic) bond motifs is 1. The molecule has 0 saturated heterocycles. The molecule has 0 radical (unpaired) electrons. The number of hydrogen-bond donors (Lipinski definition) is 3. The number of nitrogens with zero attached hydrogens (tertiary/aromatic N) is 1. The van der Waals surface area contributed by atoms with Gasteiger partial charge in [-0.25, -0.2) is 13.1 Å². The van der Waals surface area contributed by atoms with Crippen LogP contribution in [0.5, 0.6) is 5.75 Å². The minimum absolute atomic E-state index is 0. The Hall–Kier alpha value is -1.85. The Bertz CT molecular complexity index is 980. The van der Waals surface area contributed by atoms with Gasteiger partial charge in [0.05, 0.1) is 12.4 Å². The van der Waals surface area contributed by atoms with E-state index in [1.165, 1.54) is 18.2 Å². The Morgan fingerprint density at radius 1 is 1.10 bits per heavy atom. The van der Waals surface area contributed by atoms with Crippen molar-refractivity contribution in [3.05, 3.63) is 64.7 Å². The average molecular weight is 544 g/mol. The van der Waals surface area contributed by atoms with Crippen molar-refractivity contribution in [1.82, 2.24) is 15.4 Å². The topological polar surface area (TPSA) is 91.8 Å². The maximum atomic E-state index is 11.7. The van der Waals surface area contributed by atoms with E-state index in [0.29, 0.717) is 12.5 Å². The van der Waals surface area contributed by atoms with Crippen LogP contribution in [-0.4, -0.2) is 41.6 Å². The van der Waals surface area contributed by atoms with Crippen LogP contribution in [0.2, 0.25) is 0 Å². The van der Waals surface area contributed by atoms with Gasteiger partial charge in [-0.15, -0.1) is 24.0 Å². The Labute approximate surface area is 195 Å². The maximum absolute atomic E-state index is 11.7. The molecule has 1 heterocycles. The number of rotatable bonds is 8. The molecule has 0 spiro atoms. The molecular weight excluding hydrogens is 515 g/mol. The molecule has 1 aliphatic heterocycles. The van der Waals surface area contributed by atoms with Gasteiger partial charge in [-0.05, 0) is 41.8 Å². The first-order valence-corrected chi connectivity index (χ1v) is 11.3. The summed E-state index contributed by atoms with van der Waals surface area (Å²) in [6, 6.07) is 13.9. The number of halogens is 1. The summed E-state index contributed by atoms with van der Waals surface area (Å²) in [4.78, 5) is 4.26. The molecule has 0 aliphatic carbocycles. The lowest BCUT2D eigenvalue weighted by Gasteiger charge is -2.13. The van der Waals surface area contributed by atoms with Crippen molar-refractivity contribution in [3.8, 4) is 5.75 Å². The zero-order valence-corrected chi connectivity index (χ0v) is 20.4. The number of sulfonamides is 1. The Morgan fingerprint density at radius 2 is 1.90 bits per heavy atom. The lowest BCUT2D eigenvalue weighted by atomic mass is 10.1. The number of nitrogens with one attached hydrogen (secondary N) is 3. The summed E-state index contributed by atoms with van der Waals surface area (Å²) in [7, 11) is -0.124. The molecule has 9 heteroatoms. The molecule has 0 fully saturated rings. The molecule has 0 saturated carbocycles. The zero-order valence-electron chi connectivity index (χ0n) is 17.3. The molecule has 164 valence electrons. The fourth-order valence-electron chi connectivity index (χ4n) is 3.25. The van der Waals surface area contributed by atoms with Gasteiger partial charge in [0, 0.05) is 26.6 Å². The molecular formula is C21H29IN4O3S. The molecule has 0 amide bonds. The second-order valence-corrected chi connectivity index (χ2v) is 8.85. The van der Waals surface area contributed by atoms with Gasteiger partial charge in [0.1, 0.15) is 5.75 Å². The van der Waals surface area contributed by atoms with Crippen molar-refractivity contribution < 1.29 is 13.2 Å². The molecule has 3 N–H and O–H groups in total. The largest absolute Gasteiger partial charge is 0.493 e. The molecule has 1 aliphatic rings. The van der Waals surface area contributed by atoms with E-state index < -0.39 is 10.0 Å². The minimum atomic E-state index is -3.28. The number of guanidine groups is 1. The molecule has 30 heavy (non-hydrogen) atoms. The highest BCUT2D eigenvalue weighted by molar-refractivity contribution is 14.0. The SMILES string of the molecule is CN=C(NCCc1ccc2c(c1)CCO2)NCc1cccc(CS(=O)(=O)NC)c1.I. The maximum Gasteiger partial charge on any atom is 0.215 e. The molecule has 0 atom stereocenters. The first-order chi connectivity index (χ1) is 14.0. The highest BCUT2D eigenvalue weighted by Gasteiger charge is 2.12. The van der Waals surface area contributed by atoms with Crippen LogP contribution in [0.3, 0.4) is 0 Å². The van der Waals surface area contributed by atoms with Crippen molar-refractivity contribution in [2.45, 2.75) is 25.1 Å². The van der Waals surface area contributed by atoms with Crippen LogP contribution in [0.1, 0.15) is 22.3 Å². The minimum Gasteiger partial charge on any atom is -0.493 e. The predicted molar refractivity (Wildman–Crippen MR) is 131 cm³/mol. The third-order valence-corrected chi connectivity index (χ3v) is 6.14. The van der Waals surface area contributed by atoms with Crippen LogP contribution in [0.25, 0.3) is 0 Å². The summed E-state index contributed by atoms with van der Waals surface area (Å²) in [5.74, 6) is 1.68. The lowest BCUT2D eigenvalue weighted by molar-refractivity contribution is 0.357. The van der Waals surface area contributed by atoms with Crippen molar-refractivity contribution in [2.24, 2.45) is 4.99 Å². The van der Waals surface area contributed by atoms with Crippen molar-refractivity contribution in [3.63, 3.8) is 0 Å². The van der Waals surface area contributed by atoms with E-state index in [-0.39, 0.29) is 29.7 Å². The Morgan fingerprint density at radius 3 is 2.67 bits per heavy atom. The van der Waals surface area contributed by atoms with Crippen molar-refractivity contribution >= 4 is 40.0 Å². The van der Waals surface area contributed by atoms with Crippen LogP contribution in [0.4, 0.5) is 0 Å². The summed E-state index contributed by atoms with van der Waals surface area (Å²) in [6.45, 7) is 2.10. The summed E-state index contributed by atoms with van der Waals surface area (Å²) >= 11 is 0. The molecule has 7 nitrogen and oxygen atoms in total. The quantitative estimate of drug-likeness (QED) is 0.269. The Balaban J connectivity index is 0.00000320. The van der Waals surface area contributed by atoms with Crippen LogP contribution >= 0.6 is 24.0 Å². The fourth-order valence-corrected chi connectivity index (χ4v) is 4.01. The smallest absolute Gasteiger partial charge is 0.215 e. The van der Waals surface area contributed by atoms with Crippen LogP contribution in [0, 0.1) is 0 Å². The van der Waals surface area contributed by atoms with Crippen LogP contribution in [-0.2, 0) is 35.2 Å². The van der Waals surface area contributed by atoms with Gasteiger partial charge in [-0.1, -0.05) is 36.4 Å². The Kier molecular flexibility index (Phi) is 9.37. The van der Waals surface area contributed by atoms with Crippen molar-refractivity contribution in [2.75, 3.05) is 27.2 Å². The van der Waals surface area contributed by atoms with E-state index >= 15 is 0 Å². The zero-order chi connectivity index (χ0) is 20.7. The summed E-state index contributed by atoms with van der Waals surface area (Å²) in [6.07, 6.45) is 1.87. The van der Waals surface area contributed by atoms with Gasteiger partial charge in [0.25, 0.3) is 0 Å². The van der Waals surface area contributed by atoms with E-state index in [9.17, 15) is 8.42 Å². The van der Waals surface area contributed by atoms with Gasteiger partial charge in [0.2, 0.25) is 10.0 Å². The summed E-state index contributed by atoms with van der Waals surface area (Å²) < 4.78 is 31.3. The first kappa shape index (κ1) is 24.4. The van der Waals surface area contributed by atoms with E-state index in [0.717, 1.165) is 42.9 Å². The van der Waals surface area contributed by atoms with Gasteiger partial charge in [-0.2, -0.15) is 0 Å². The van der Waals surface area contributed by atoms with Crippen molar-refractivity contribution in [1.29, 1.82) is 0 Å². The third-order valence-electron chi connectivity index (χ3n) is 4.80. The molecule has 0 aromatic heterocycles. The second kappa shape index (κ2) is 11.5. The number of benzene rings is 2. The normalized spacial score (nSPS) is 13.2. The highest BCUT2D eigenvalue weighted by Crippen LogP contribution is 2.25. The van der Waals surface area contributed by atoms with E-state index in [4.69, 9.17) is 4.74 Å². The third kappa shape index (κ3) is 7.13. The van der Waals surface area contributed by atoms with Gasteiger partial charge < -0.3 is 15.4 Å². The lowest BCUT2D eigenvalue weighted by Crippen LogP contribution is -2.37. The van der Waals surface area contributed by atoms with E-state index in [2.05, 4.69) is 32.5 Å². The van der Waals surface area contributed by atoms with Crippen LogP contribution < -0.4 is 20.1 Å². The van der Waals surface area contributed by atoms with Gasteiger partial charge in [0.15, 0.2) is 5.96 Å². The van der Waals surface area contributed by atoms with Crippen LogP contribution in [0.15, 0.2) is 47.5 Å². The molecule has 3 rings (SSSR count). The monoisotopic (exact) mass is 544 g/mol. The molecule has 0 bridgehead atoms. The summed E-state index contributed by atoms with van der Waals surface area (Å²) in [5.41, 5.74) is 4.30. The first-order valence-electron chi connectivity index (χ1n) is 9.67. The highest BCUT2D eigenvalue weighted by atomic mass is 127.